The predicted octanol–water partition coefficient (Wildman–Crippen LogP) is 2.87. The molecule has 30 heavy (non-hydrogen) atoms. The van der Waals surface area contributed by atoms with Gasteiger partial charge in [0, 0.05) is 17.2 Å². The number of halogens is 7. The van der Waals surface area contributed by atoms with Crippen molar-refractivity contribution in [3.63, 3.8) is 0 Å². The normalized spacial score (nSPS) is 36.2. The molecule has 0 unspecified atom stereocenters. The Hall–Kier alpha value is -1.72. The maximum absolute atomic E-state index is 12.9. The summed E-state index contributed by atoms with van der Waals surface area (Å²) in [5.41, 5.74) is -1.96. The van der Waals surface area contributed by atoms with Gasteiger partial charge in [0.05, 0.1) is 7.11 Å². The summed E-state index contributed by atoms with van der Waals surface area (Å²) in [5, 5.41) is 1.53. The molecule has 0 saturated heterocycles. The zero-order chi connectivity index (χ0) is 22.7. The molecule has 4 aliphatic rings. The van der Waals surface area contributed by atoms with Crippen LogP contribution < -0.4 is 5.32 Å². The van der Waals surface area contributed by atoms with Crippen LogP contribution in [-0.4, -0.2) is 53.8 Å². The minimum absolute atomic E-state index is 0.111. The van der Waals surface area contributed by atoms with Gasteiger partial charge in [-0.3, -0.25) is 4.79 Å². The number of rotatable bonds is 4. The molecule has 4 fully saturated rings. The quantitative estimate of drug-likeness (QED) is 0.392. The first-order valence-corrected chi connectivity index (χ1v) is 9.43. The predicted molar refractivity (Wildman–Crippen MR) is 87.0 cm³/mol. The fraction of sp³-hybridized carbons (Fsp3) is 0.824. The Morgan fingerprint density at radius 1 is 1.07 bits per heavy atom. The average Bonchev–Trinajstić information content (AvgIpc) is 2.56. The third kappa shape index (κ3) is 4.06. The summed E-state index contributed by atoms with van der Waals surface area (Å²) >= 11 is 6.52. The van der Waals surface area contributed by atoms with Gasteiger partial charge in [0.1, 0.15) is 11.6 Å². The van der Waals surface area contributed by atoms with E-state index in [0.717, 1.165) is 7.11 Å². The van der Waals surface area contributed by atoms with Gasteiger partial charge in [-0.05, 0) is 37.5 Å². The molecule has 0 radical (unpaired) electrons. The Morgan fingerprint density at radius 3 is 2.20 bits per heavy atom. The lowest BCUT2D eigenvalue weighted by atomic mass is 9.48. The number of esters is 2. The smallest absolute Gasteiger partial charge is 0.467 e. The number of amides is 1. The van der Waals surface area contributed by atoms with Gasteiger partial charge in [-0.1, -0.05) is 0 Å². The first-order valence-electron chi connectivity index (χ1n) is 9.05. The van der Waals surface area contributed by atoms with Crippen LogP contribution in [0.1, 0.15) is 32.1 Å². The molecule has 4 aliphatic carbocycles. The second-order valence-electron chi connectivity index (χ2n) is 8.25. The maximum Gasteiger partial charge on any atom is 0.490 e. The van der Waals surface area contributed by atoms with Crippen molar-refractivity contribution in [2.45, 2.75) is 61.0 Å². The van der Waals surface area contributed by atoms with Gasteiger partial charge in [-0.2, -0.15) is 26.3 Å². The van der Waals surface area contributed by atoms with Crippen molar-refractivity contribution in [1.82, 2.24) is 5.32 Å². The summed E-state index contributed by atoms with van der Waals surface area (Å²) in [6, 6.07) is -1.96. The molecule has 4 saturated carbocycles. The maximum atomic E-state index is 12.9. The summed E-state index contributed by atoms with van der Waals surface area (Å²) in [4.78, 5) is 34.5. The number of hydrogen-bond donors (Lipinski definition) is 1. The minimum Gasteiger partial charge on any atom is -0.467 e. The van der Waals surface area contributed by atoms with Crippen LogP contribution >= 0.6 is 11.6 Å². The van der Waals surface area contributed by atoms with Gasteiger partial charge < -0.3 is 14.8 Å². The number of nitrogens with one attached hydrogen (secondary N) is 1. The second kappa shape index (κ2) is 7.16. The summed E-state index contributed by atoms with van der Waals surface area (Å²) < 4.78 is 86.6. The molecule has 0 aromatic heterocycles. The first-order chi connectivity index (χ1) is 13.6. The molecule has 0 aromatic rings. The Morgan fingerprint density at radius 2 is 1.70 bits per heavy atom. The van der Waals surface area contributed by atoms with Crippen molar-refractivity contribution >= 4 is 29.4 Å². The molecule has 4 bridgehead atoms. The zero-order valence-electron chi connectivity index (χ0n) is 15.5. The van der Waals surface area contributed by atoms with Crippen LogP contribution in [0.5, 0.6) is 0 Å². The van der Waals surface area contributed by atoms with Gasteiger partial charge in [0.2, 0.25) is 0 Å². The SMILES string of the molecule is COC(=O)[C@@H](NC(=O)C(F)(F)F)[C@@H]1[C@@H]2C[C@H]3C[C@@](Cl)(C2)C[C@]1(OC(=O)C(F)(F)F)C3. The van der Waals surface area contributed by atoms with Crippen molar-refractivity contribution < 1.29 is 50.2 Å². The van der Waals surface area contributed by atoms with E-state index in [4.69, 9.17) is 16.3 Å². The molecular weight excluding hydrogens is 448 g/mol. The largest absolute Gasteiger partial charge is 0.490 e. The number of alkyl halides is 7. The summed E-state index contributed by atoms with van der Waals surface area (Å²) in [6.45, 7) is 0. The number of hydrogen-bond acceptors (Lipinski definition) is 5. The van der Waals surface area contributed by atoms with Gasteiger partial charge >= 0.3 is 30.2 Å². The van der Waals surface area contributed by atoms with Crippen molar-refractivity contribution in [2.75, 3.05) is 7.11 Å². The molecule has 170 valence electrons. The van der Waals surface area contributed by atoms with Gasteiger partial charge in [0.25, 0.3) is 0 Å². The lowest BCUT2D eigenvalue weighted by Gasteiger charge is -2.63. The first kappa shape index (κ1) is 23.0. The highest BCUT2D eigenvalue weighted by molar-refractivity contribution is 6.24. The van der Waals surface area contributed by atoms with E-state index in [1.54, 1.807) is 0 Å². The van der Waals surface area contributed by atoms with E-state index in [1.807, 2.05) is 0 Å². The topological polar surface area (TPSA) is 81.7 Å². The molecule has 0 heterocycles. The monoisotopic (exact) mass is 465 g/mol. The lowest BCUT2D eigenvalue weighted by molar-refractivity contribution is -0.245. The molecule has 4 rings (SSSR count). The number of ether oxygens (including phenoxy) is 2. The van der Waals surface area contributed by atoms with E-state index >= 15 is 0 Å². The van der Waals surface area contributed by atoms with Crippen LogP contribution in [0, 0.1) is 17.8 Å². The Balaban J connectivity index is 2.03. The van der Waals surface area contributed by atoms with Gasteiger partial charge in [-0.15, -0.1) is 11.6 Å². The van der Waals surface area contributed by atoms with E-state index in [2.05, 4.69) is 4.74 Å². The number of carbonyl (C=O) groups excluding carboxylic acids is 3. The fourth-order valence-electron chi connectivity index (χ4n) is 5.63. The fourth-order valence-corrected chi connectivity index (χ4v) is 6.27. The Labute approximate surface area is 171 Å². The molecule has 0 aliphatic heterocycles. The van der Waals surface area contributed by atoms with Crippen LogP contribution in [0.4, 0.5) is 26.3 Å². The zero-order valence-corrected chi connectivity index (χ0v) is 16.3. The van der Waals surface area contributed by atoms with Crippen molar-refractivity contribution in [3.05, 3.63) is 0 Å². The van der Waals surface area contributed by atoms with Gasteiger partial charge in [0.15, 0.2) is 0 Å². The molecule has 6 atom stereocenters. The second-order valence-corrected chi connectivity index (χ2v) is 9.05. The standard InChI is InChI=1S/C17H18ClF6NO5/c1-29-11(26)10(25-12(27)16(19,20)21)9-8-2-7-3-14(18,5-8)6-15(9,4-7)30-13(28)17(22,23)24/h7-10H,2-6H2,1H3,(H,25,27)/t7-,8+,9-,10-,14+,15+/m0/s1. The highest BCUT2D eigenvalue weighted by atomic mass is 35.5. The molecule has 6 nitrogen and oxygen atoms in total. The van der Waals surface area contributed by atoms with E-state index in [-0.39, 0.29) is 25.2 Å². The summed E-state index contributed by atoms with van der Waals surface area (Å²) in [6.07, 6.45) is -10.1. The molecular formula is C17H18ClF6NO5. The average molecular weight is 466 g/mol. The highest BCUT2D eigenvalue weighted by Gasteiger charge is 2.68. The number of methoxy groups -OCH3 is 1. The van der Waals surface area contributed by atoms with Crippen LogP contribution in [-0.2, 0) is 23.9 Å². The minimum atomic E-state index is -5.36. The van der Waals surface area contributed by atoms with Gasteiger partial charge in [-0.25, -0.2) is 9.59 Å². The van der Waals surface area contributed by atoms with Crippen LogP contribution in [0.3, 0.4) is 0 Å². The molecule has 1 amide bonds. The van der Waals surface area contributed by atoms with E-state index in [0.29, 0.717) is 12.8 Å². The third-order valence-electron chi connectivity index (χ3n) is 6.17. The molecule has 1 N–H and O–H groups in total. The van der Waals surface area contributed by atoms with Crippen LogP contribution in [0.15, 0.2) is 0 Å². The third-order valence-corrected chi connectivity index (χ3v) is 6.61. The van der Waals surface area contributed by atoms with E-state index in [1.165, 1.54) is 5.32 Å². The lowest BCUT2D eigenvalue weighted by Crippen LogP contribution is -2.70. The van der Waals surface area contributed by atoms with Crippen molar-refractivity contribution in [3.8, 4) is 0 Å². The Bertz CT molecular complexity index is 758. The van der Waals surface area contributed by atoms with Crippen LogP contribution in [0.25, 0.3) is 0 Å². The van der Waals surface area contributed by atoms with E-state index in [9.17, 15) is 40.7 Å². The van der Waals surface area contributed by atoms with Crippen molar-refractivity contribution in [1.29, 1.82) is 0 Å². The summed E-state index contributed by atoms with van der Waals surface area (Å²) in [5.74, 6) is -8.50. The molecule has 13 heteroatoms. The number of carbonyl (C=O) groups is 3. The highest BCUT2D eigenvalue weighted by Crippen LogP contribution is 2.64. The molecule has 0 aromatic carbocycles. The van der Waals surface area contributed by atoms with Crippen molar-refractivity contribution in [2.24, 2.45) is 17.8 Å². The summed E-state index contributed by atoms with van der Waals surface area (Å²) in [7, 11) is 0.864. The Kier molecular flexibility index (Phi) is 5.48. The van der Waals surface area contributed by atoms with Crippen LogP contribution in [0.2, 0.25) is 0 Å². The molecule has 0 spiro atoms. The van der Waals surface area contributed by atoms with E-state index < -0.39 is 58.6 Å².